The third-order valence-corrected chi connectivity index (χ3v) is 6.51. The van der Waals surface area contributed by atoms with Crippen molar-refractivity contribution in [2.75, 3.05) is 44.8 Å². The highest BCUT2D eigenvalue weighted by molar-refractivity contribution is 6.36. The zero-order valence-electron chi connectivity index (χ0n) is 20.2. The Bertz CT molecular complexity index is 1190. The molecule has 9 nitrogen and oxygen atoms in total. The van der Waals surface area contributed by atoms with Gasteiger partial charge >= 0.3 is 0 Å². The summed E-state index contributed by atoms with van der Waals surface area (Å²) in [4.78, 5) is 15.1. The van der Waals surface area contributed by atoms with Gasteiger partial charge in [-0.25, -0.2) is 4.39 Å². The van der Waals surface area contributed by atoms with Crippen molar-refractivity contribution in [3.05, 3.63) is 81.2 Å². The summed E-state index contributed by atoms with van der Waals surface area (Å²) in [5.74, 6) is -0.0528. The van der Waals surface area contributed by atoms with Gasteiger partial charge in [-0.2, -0.15) is 0 Å². The number of amides is 1. The summed E-state index contributed by atoms with van der Waals surface area (Å²) in [6.45, 7) is 6.35. The molecule has 1 amide bonds. The predicted molar refractivity (Wildman–Crippen MR) is 139 cm³/mol. The van der Waals surface area contributed by atoms with Crippen molar-refractivity contribution < 1.29 is 23.4 Å². The van der Waals surface area contributed by atoms with Gasteiger partial charge in [0, 0.05) is 42.0 Å². The van der Waals surface area contributed by atoms with Crippen molar-refractivity contribution in [3.8, 4) is 5.75 Å². The predicted octanol–water partition coefficient (Wildman–Crippen LogP) is 3.68. The van der Waals surface area contributed by atoms with Crippen LogP contribution >= 0.6 is 23.2 Å². The molecule has 0 aromatic heterocycles. The highest BCUT2D eigenvalue weighted by Gasteiger charge is 2.23. The minimum Gasteiger partial charge on any atom is -0.492 e. The number of anilines is 1. The molecule has 2 aromatic rings. The maximum atomic E-state index is 13.9. The Morgan fingerprint density at radius 1 is 1.19 bits per heavy atom. The second kappa shape index (κ2) is 12.4. The SMILES string of the molecule is CC(OC1=C(N)NNC(C(=O)Nc2ccc(OCCN3CCOCC3)cc2)=C1)c1c(Cl)ccc(F)c1Cl. The van der Waals surface area contributed by atoms with Crippen LogP contribution in [0, 0.1) is 5.82 Å². The molecule has 2 aliphatic rings. The molecule has 1 unspecified atom stereocenters. The Kier molecular flexibility index (Phi) is 8.99. The summed E-state index contributed by atoms with van der Waals surface area (Å²) in [7, 11) is 0. The fourth-order valence-electron chi connectivity index (χ4n) is 3.78. The lowest BCUT2D eigenvalue weighted by molar-refractivity contribution is -0.113. The van der Waals surface area contributed by atoms with Gasteiger partial charge in [-0.1, -0.05) is 23.2 Å². The lowest BCUT2D eigenvalue weighted by Crippen LogP contribution is -2.42. The van der Waals surface area contributed by atoms with E-state index in [2.05, 4.69) is 21.1 Å². The number of hydrogen-bond donors (Lipinski definition) is 4. The van der Waals surface area contributed by atoms with E-state index in [4.69, 9.17) is 43.1 Å². The van der Waals surface area contributed by atoms with Crippen LogP contribution in [0.2, 0.25) is 10.0 Å². The van der Waals surface area contributed by atoms with E-state index in [0.29, 0.717) is 18.0 Å². The molecule has 1 atom stereocenters. The second-order valence-electron chi connectivity index (χ2n) is 8.38. The molecule has 198 valence electrons. The number of hydrazine groups is 1. The third kappa shape index (κ3) is 6.98. The van der Waals surface area contributed by atoms with E-state index < -0.39 is 17.8 Å². The molecule has 12 heteroatoms. The van der Waals surface area contributed by atoms with Gasteiger partial charge in [0.2, 0.25) is 0 Å². The van der Waals surface area contributed by atoms with E-state index in [1.54, 1.807) is 31.2 Å². The Hall–Kier alpha value is -3.18. The highest BCUT2D eigenvalue weighted by atomic mass is 35.5. The molecule has 0 aliphatic carbocycles. The number of ether oxygens (including phenoxy) is 3. The van der Waals surface area contributed by atoms with Crippen molar-refractivity contribution >= 4 is 34.8 Å². The number of hydrogen-bond acceptors (Lipinski definition) is 8. The summed E-state index contributed by atoms with van der Waals surface area (Å²) < 4.78 is 30.9. The standard InChI is InChI=1S/C25H28Cl2FN5O4/c1-15(22-18(26)6-7-19(28)23(22)27)37-21-14-20(31-32-24(21)29)25(34)30-16-2-4-17(5-3-16)36-13-10-33-8-11-35-12-9-33/h2-7,14-15,31-32H,8-13,29H2,1H3,(H,30,34). The first kappa shape index (κ1) is 26.9. The van der Waals surface area contributed by atoms with Crippen LogP contribution in [0.5, 0.6) is 5.75 Å². The van der Waals surface area contributed by atoms with Gasteiger partial charge in [0.25, 0.3) is 5.91 Å². The summed E-state index contributed by atoms with van der Waals surface area (Å²) in [5, 5.41) is 2.90. The summed E-state index contributed by atoms with van der Waals surface area (Å²) >= 11 is 12.3. The van der Waals surface area contributed by atoms with Crippen molar-refractivity contribution in [3.63, 3.8) is 0 Å². The normalized spacial score (nSPS) is 16.8. The zero-order chi connectivity index (χ0) is 26.4. The maximum Gasteiger partial charge on any atom is 0.273 e. The van der Waals surface area contributed by atoms with Gasteiger partial charge in [0.05, 0.1) is 18.2 Å². The zero-order valence-corrected chi connectivity index (χ0v) is 21.7. The molecule has 1 saturated heterocycles. The molecular formula is C25H28Cl2FN5O4. The first-order valence-electron chi connectivity index (χ1n) is 11.7. The third-order valence-electron chi connectivity index (χ3n) is 5.80. The number of halogens is 3. The monoisotopic (exact) mass is 551 g/mol. The first-order valence-corrected chi connectivity index (χ1v) is 12.4. The van der Waals surface area contributed by atoms with Crippen molar-refractivity contribution in [1.29, 1.82) is 0 Å². The minimum atomic E-state index is -0.750. The van der Waals surface area contributed by atoms with Crippen LogP contribution < -0.4 is 26.6 Å². The fraction of sp³-hybridized carbons (Fsp3) is 0.320. The maximum absolute atomic E-state index is 13.9. The van der Waals surface area contributed by atoms with E-state index in [-0.39, 0.29) is 32.9 Å². The van der Waals surface area contributed by atoms with Crippen LogP contribution in [-0.4, -0.2) is 50.3 Å². The molecule has 4 rings (SSSR count). The number of morpholine rings is 1. The van der Waals surface area contributed by atoms with Crippen molar-refractivity contribution in [2.45, 2.75) is 13.0 Å². The van der Waals surface area contributed by atoms with Gasteiger partial charge in [0.15, 0.2) is 11.6 Å². The van der Waals surface area contributed by atoms with E-state index >= 15 is 0 Å². The highest BCUT2D eigenvalue weighted by Crippen LogP contribution is 2.35. The van der Waals surface area contributed by atoms with Gasteiger partial charge < -0.3 is 25.3 Å². The average Bonchev–Trinajstić information content (AvgIpc) is 2.89. The topological polar surface area (TPSA) is 110 Å². The Morgan fingerprint density at radius 2 is 1.92 bits per heavy atom. The molecule has 37 heavy (non-hydrogen) atoms. The summed E-state index contributed by atoms with van der Waals surface area (Å²) in [6.07, 6.45) is 0.683. The number of carbonyl (C=O) groups is 1. The number of nitrogens with two attached hydrogens (primary N) is 1. The van der Waals surface area contributed by atoms with Gasteiger partial charge in [-0.15, -0.1) is 0 Å². The summed E-state index contributed by atoms with van der Waals surface area (Å²) in [6, 6.07) is 9.64. The molecule has 1 fully saturated rings. The molecule has 2 aromatic carbocycles. The number of benzene rings is 2. The Morgan fingerprint density at radius 3 is 2.65 bits per heavy atom. The van der Waals surface area contributed by atoms with Crippen LogP contribution in [0.4, 0.5) is 10.1 Å². The van der Waals surface area contributed by atoms with E-state index in [0.717, 1.165) is 32.8 Å². The smallest absolute Gasteiger partial charge is 0.273 e. The van der Waals surface area contributed by atoms with Gasteiger partial charge in [0.1, 0.15) is 30.0 Å². The number of allylic oxidation sites excluding steroid dienone is 1. The number of nitrogens with one attached hydrogen (secondary N) is 3. The number of rotatable bonds is 9. The van der Waals surface area contributed by atoms with E-state index in [1.807, 2.05) is 0 Å². The summed E-state index contributed by atoms with van der Waals surface area (Å²) in [5.41, 5.74) is 12.4. The average molecular weight is 552 g/mol. The van der Waals surface area contributed by atoms with Gasteiger partial charge in [-0.3, -0.25) is 20.5 Å². The van der Waals surface area contributed by atoms with E-state index in [1.165, 1.54) is 18.2 Å². The quantitative estimate of drug-likeness (QED) is 0.349. The first-order chi connectivity index (χ1) is 17.8. The molecule has 0 spiro atoms. The molecule has 0 radical (unpaired) electrons. The molecule has 0 saturated carbocycles. The van der Waals surface area contributed by atoms with Crippen molar-refractivity contribution in [2.24, 2.45) is 5.73 Å². The lowest BCUT2D eigenvalue weighted by atomic mass is 10.1. The lowest BCUT2D eigenvalue weighted by Gasteiger charge is -2.26. The molecule has 2 aliphatic heterocycles. The number of nitrogens with zero attached hydrogens (tertiary/aromatic N) is 1. The number of carbonyl (C=O) groups excluding carboxylic acids is 1. The Balaban J connectivity index is 1.34. The van der Waals surface area contributed by atoms with Crippen LogP contribution in [-0.2, 0) is 14.3 Å². The molecule has 2 heterocycles. The molecule has 0 bridgehead atoms. The minimum absolute atomic E-state index is 0.130. The van der Waals surface area contributed by atoms with Crippen LogP contribution in [0.1, 0.15) is 18.6 Å². The van der Waals surface area contributed by atoms with Crippen LogP contribution in [0.3, 0.4) is 0 Å². The van der Waals surface area contributed by atoms with Crippen LogP contribution in [0.15, 0.2) is 59.8 Å². The van der Waals surface area contributed by atoms with Crippen molar-refractivity contribution in [1.82, 2.24) is 15.8 Å². The van der Waals surface area contributed by atoms with Crippen LogP contribution in [0.25, 0.3) is 0 Å². The largest absolute Gasteiger partial charge is 0.492 e. The molecule has 5 N–H and O–H groups in total. The Labute approximate surface area is 224 Å². The van der Waals surface area contributed by atoms with Gasteiger partial charge in [-0.05, 0) is 43.3 Å². The van der Waals surface area contributed by atoms with E-state index in [9.17, 15) is 9.18 Å². The molecular weight excluding hydrogens is 524 g/mol. The second-order valence-corrected chi connectivity index (χ2v) is 9.17. The fourth-order valence-corrected chi connectivity index (χ4v) is 4.45.